The minimum Gasteiger partial charge on any atom is -0.462 e. The summed E-state index contributed by atoms with van der Waals surface area (Å²) >= 11 is 0. The lowest BCUT2D eigenvalue weighted by Gasteiger charge is -2.18. The van der Waals surface area contributed by atoms with Crippen molar-refractivity contribution in [2.24, 2.45) is 0 Å². The summed E-state index contributed by atoms with van der Waals surface area (Å²) in [6, 6.07) is 0. The molecule has 0 aliphatic rings. The minimum absolute atomic E-state index is 0.0930. The maximum atomic E-state index is 12.9. The molecule has 0 saturated heterocycles. The predicted octanol–water partition coefficient (Wildman–Crippen LogP) is 22.9. The maximum Gasteiger partial charge on any atom is 0.306 e. The molecule has 80 heavy (non-hydrogen) atoms. The Morgan fingerprint density at radius 3 is 0.762 bits per heavy atom. The van der Waals surface area contributed by atoms with Gasteiger partial charge in [0.25, 0.3) is 0 Å². The molecule has 0 aliphatic heterocycles. The fraction of sp³-hybridized carbons (Fsp3) is 0.662. The van der Waals surface area contributed by atoms with Crippen molar-refractivity contribution in [2.75, 3.05) is 13.2 Å². The average molecular weight is 1110 g/mol. The van der Waals surface area contributed by atoms with Crippen LogP contribution in [0.4, 0.5) is 0 Å². The maximum absolute atomic E-state index is 12.9. The van der Waals surface area contributed by atoms with Gasteiger partial charge in [-0.05, 0) is 122 Å². The fourth-order valence-electron chi connectivity index (χ4n) is 8.94. The molecule has 0 aromatic rings. The van der Waals surface area contributed by atoms with Crippen molar-refractivity contribution in [1.29, 1.82) is 0 Å². The highest BCUT2D eigenvalue weighted by Crippen LogP contribution is 2.15. The van der Waals surface area contributed by atoms with Crippen LogP contribution >= 0.6 is 0 Å². The van der Waals surface area contributed by atoms with Gasteiger partial charge in [-0.25, -0.2) is 0 Å². The monoisotopic (exact) mass is 1110 g/mol. The molecular weight excluding hydrogens is 985 g/mol. The van der Waals surface area contributed by atoms with Gasteiger partial charge in [0.15, 0.2) is 6.10 Å². The smallest absolute Gasteiger partial charge is 0.306 e. The number of carbonyl (C=O) groups excluding carboxylic acids is 3. The average Bonchev–Trinajstić information content (AvgIpc) is 3.46. The molecule has 0 spiro atoms. The molecule has 0 saturated carbocycles. The number of carbonyl (C=O) groups is 3. The van der Waals surface area contributed by atoms with Gasteiger partial charge in [-0.2, -0.15) is 0 Å². The first-order chi connectivity index (χ1) is 39.5. The van der Waals surface area contributed by atoms with Crippen LogP contribution in [0.15, 0.2) is 134 Å². The molecule has 0 rings (SSSR count). The van der Waals surface area contributed by atoms with Gasteiger partial charge >= 0.3 is 17.9 Å². The summed E-state index contributed by atoms with van der Waals surface area (Å²) < 4.78 is 16.9. The van der Waals surface area contributed by atoms with E-state index >= 15 is 0 Å². The van der Waals surface area contributed by atoms with Gasteiger partial charge in [0.1, 0.15) is 13.2 Å². The normalized spacial score (nSPS) is 13.0. The quantitative estimate of drug-likeness (QED) is 0.0261. The van der Waals surface area contributed by atoms with E-state index in [1.54, 1.807) is 0 Å². The number of hydrogen-bond acceptors (Lipinski definition) is 6. The van der Waals surface area contributed by atoms with Gasteiger partial charge in [-0.15, -0.1) is 0 Å². The highest BCUT2D eigenvalue weighted by Gasteiger charge is 2.19. The Labute approximate surface area is 494 Å². The van der Waals surface area contributed by atoms with E-state index in [1.807, 2.05) is 0 Å². The fourth-order valence-corrected chi connectivity index (χ4v) is 8.94. The highest BCUT2D eigenvalue weighted by atomic mass is 16.6. The van der Waals surface area contributed by atoms with E-state index in [-0.39, 0.29) is 31.1 Å². The van der Waals surface area contributed by atoms with Crippen LogP contribution in [0.25, 0.3) is 0 Å². The first-order valence-corrected chi connectivity index (χ1v) is 33.2. The van der Waals surface area contributed by atoms with Gasteiger partial charge in [0.05, 0.1) is 0 Å². The lowest BCUT2D eigenvalue weighted by molar-refractivity contribution is -0.167. The van der Waals surface area contributed by atoms with Crippen LogP contribution in [0, 0.1) is 0 Å². The Morgan fingerprint density at radius 2 is 0.487 bits per heavy atom. The zero-order chi connectivity index (χ0) is 57.8. The summed E-state index contributed by atoms with van der Waals surface area (Å²) in [5.74, 6) is -0.928. The molecule has 0 amide bonds. The lowest BCUT2D eigenvalue weighted by Crippen LogP contribution is -2.30. The third kappa shape index (κ3) is 64.4. The predicted molar refractivity (Wildman–Crippen MR) is 348 cm³/mol. The van der Waals surface area contributed by atoms with Crippen molar-refractivity contribution in [1.82, 2.24) is 0 Å². The molecule has 0 N–H and O–H groups in total. The first-order valence-electron chi connectivity index (χ1n) is 33.2. The molecule has 6 nitrogen and oxygen atoms in total. The second-order valence-corrected chi connectivity index (χ2v) is 21.6. The van der Waals surface area contributed by atoms with E-state index < -0.39 is 6.10 Å². The van der Waals surface area contributed by atoms with E-state index in [0.717, 1.165) is 148 Å². The number of rotatable bonds is 59. The standard InChI is InChI=1S/C74H122O6/c1-4-7-10-13-16-19-22-25-27-29-31-33-34-35-36-37-38-39-40-42-43-45-47-49-52-55-58-61-64-67-73(76)79-70-71(69-78-72(75)66-63-60-57-54-51-24-21-18-15-12-9-6-3)80-74(77)68-65-62-59-56-53-50-48-46-44-41-32-30-28-26-23-20-17-14-11-8-5-2/h7,10,16,19,23,25-27,30-33,35-36,38-39,42-44,46-47,49,71H,4-6,8-9,11-15,17-18,20-22,24,28-29,34,37,40-41,45,48,50-70H2,1-3H3/b10-7-,19-16-,26-23-,27-25-,32-30-,33-31-,36-35-,39-38-,43-42-,46-44-,49-47-. The van der Waals surface area contributed by atoms with Crippen LogP contribution < -0.4 is 0 Å². The molecular formula is C74H122O6. The first kappa shape index (κ1) is 75.5. The molecule has 0 aliphatic carbocycles. The van der Waals surface area contributed by atoms with Crippen molar-refractivity contribution in [2.45, 2.75) is 303 Å². The van der Waals surface area contributed by atoms with Gasteiger partial charge in [-0.3, -0.25) is 14.4 Å². The van der Waals surface area contributed by atoms with Crippen molar-refractivity contribution in [3.05, 3.63) is 134 Å². The lowest BCUT2D eigenvalue weighted by atomic mass is 10.0. The van der Waals surface area contributed by atoms with Crippen molar-refractivity contribution in [3.63, 3.8) is 0 Å². The SMILES string of the molecule is CC/C=C\C/C=C\C/C=C\C/C=C\C/C=C\C/C=C\C/C=C\C/C=C\CCCCCCC(=O)OCC(COC(=O)CCCCCCCCCCCCCC)OC(=O)CCCCCCCC/C=C\C/C=C\C/C=C\CCCCCCC. The molecule has 0 aromatic carbocycles. The second-order valence-electron chi connectivity index (χ2n) is 21.6. The number of ether oxygens (including phenoxy) is 3. The number of unbranched alkanes of at least 4 members (excludes halogenated alkanes) is 26. The minimum atomic E-state index is -0.800. The van der Waals surface area contributed by atoms with Crippen molar-refractivity contribution >= 4 is 17.9 Å². The van der Waals surface area contributed by atoms with Crippen LogP contribution in [0.1, 0.15) is 297 Å². The largest absolute Gasteiger partial charge is 0.462 e. The van der Waals surface area contributed by atoms with Crippen LogP contribution in [0.5, 0.6) is 0 Å². The Balaban J connectivity index is 4.40. The molecule has 0 bridgehead atoms. The number of hydrogen-bond donors (Lipinski definition) is 0. The molecule has 1 unspecified atom stereocenters. The summed E-state index contributed by atoms with van der Waals surface area (Å²) in [5.41, 5.74) is 0. The van der Waals surface area contributed by atoms with Gasteiger partial charge < -0.3 is 14.2 Å². The molecule has 1 atom stereocenters. The topological polar surface area (TPSA) is 78.9 Å². The van der Waals surface area contributed by atoms with Crippen LogP contribution in [-0.2, 0) is 28.6 Å². The molecule has 454 valence electrons. The summed E-state index contributed by atoms with van der Waals surface area (Å²) in [6.45, 7) is 6.49. The Kier molecular flexibility index (Phi) is 63.3. The third-order valence-electron chi connectivity index (χ3n) is 13.9. The van der Waals surface area contributed by atoms with Crippen molar-refractivity contribution in [3.8, 4) is 0 Å². The Hall–Kier alpha value is -4.45. The highest BCUT2D eigenvalue weighted by molar-refractivity contribution is 5.71. The zero-order valence-electron chi connectivity index (χ0n) is 52.0. The Morgan fingerprint density at radius 1 is 0.263 bits per heavy atom. The van der Waals surface area contributed by atoms with E-state index in [1.165, 1.54) is 109 Å². The second kappa shape index (κ2) is 67.1. The van der Waals surface area contributed by atoms with E-state index in [4.69, 9.17) is 14.2 Å². The van der Waals surface area contributed by atoms with Gasteiger partial charge in [-0.1, -0.05) is 289 Å². The molecule has 0 fully saturated rings. The van der Waals surface area contributed by atoms with Crippen LogP contribution in [-0.4, -0.2) is 37.2 Å². The number of esters is 3. The van der Waals surface area contributed by atoms with Gasteiger partial charge in [0.2, 0.25) is 0 Å². The Bertz CT molecular complexity index is 1700. The van der Waals surface area contributed by atoms with Gasteiger partial charge in [0, 0.05) is 19.3 Å². The molecule has 0 aromatic heterocycles. The number of allylic oxidation sites excluding steroid dienone is 22. The summed E-state index contributed by atoms with van der Waals surface area (Å²) in [4.78, 5) is 38.3. The molecule has 6 heteroatoms. The third-order valence-corrected chi connectivity index (χ3v) is 13.9. The van der Waals surface area contributed by atoms with E-state index in [2.05, 4.69) is 154 Å². The summed E-state index contributed by atoms with van der Waals surface area (Å²) in [7, 11) is 0. The molecule has 0 heterocycles. The summed E-state index contributed by atoms with van der Waals surface area (Å²) in [5, 5.41) is 0. The molecule has 0 radical (unpaired) electrons. The summed E-state index contributed by atoms with van der Waals surface area (Å²) in [6.07, 6.45) is 94.5. The van der Waals surface area contributed by atoms with Crippen molar-refractivity contribution < 1.29 is 28.6 Å². The zero-order valence-corrected chi connectivity index (χ0v) is 52.0. The van der Waals surface area contributed by atoms with Crippen LogP contribution in [0.2, 0.25) is 0 Å². The van der Waals surface area contributed by atoms with E-state index in [0.29, 0.717) is 19.3 Å². The van der Waals surface area contributed by atoms with Crippen LogP contribution in [0.3, 0.4) is 0 Å². The van der Waals surface area contributed by atoms with E-state index in [9.17, 15) is 14.4 Å².